The highest BCUT2D eigenvalue weighted by molar-refractivity contribution is 14.0. The van der Waals surface area contributed by atoms with Gasteiger partial charge in [-0.25, -0.2) is 4.99 Å². The summed E-state index contributed by atoms with van der Waals surface area (Å²) in [5.41, 5.74) is 1.59. The van der Waals surface area contributed by atoms with E-state index in [1.807, 2.05) is 32.0 Å². The number of benzene rings is 1. The lowest BCUT2D eigenvalue weighted by atomic mass is 10.1. The number of guanidine groups is 1. The molecule has 0 fully saturated rings. The Morgan fingerprint density at radius 1 is 1.19 bits per heavy atom. The van der Waals surface area contributed by atoms with Crippen LogP contribution in [0.2, 0.25) is 0 Å². The number of aliphatic hydroxyl groups is 1. The second-order valence-corrected chi connectivity index (χ2v) is 5.44. The smallest absolute Gasteiger partial charge is 0.195 e. The lowest BCUT2D eigenvalue weighted by molar-refractivity contribution is 0.187. The number of nitrogens with zero attached hydrogens (tertiary/aromatic N) is 2. The monoisotopic (exact) mass is 486 g/mol. The molecule has 2 rings (SSSR count). The van der Waals surface area contributed by atoms with E-state index in [0.717, 1.165) is 11.3 Å². The lowest BCUT2D eigenvalue weighted by Gasteiger charge is -2.15. The number of aliphatic imine (C=N–C) groups is 1. The average Bonchev–Trinajstić information content (AvgIpc) is 2.67. The zero-order valence-corrected chi connectivity index (χ0v) is 18.1. The second kappa shape index (κ2) is 12.3. The number of pyridine rings is 1. The van der Waals surface area contributed by atoms with Gasteiger partial charge in [-0.3, -0.25) is 4.98 Å². The summed E-state index contributed by atoms with van der Waals surface area (Å²) in [4.78, 5) is 8.41. The highest BCUT2D eigenvalue weighted by Crippen LogP contribution is 2.30. The predicted octanol–water partition coefficient (Wildman–Crippen LogP) is 3.22. The van der Waals surface area contributed by atoms with E-state index in [0.29, 0.717) is 30.6 Å². The summed E-state index contributed by atoms with van der Waals surface area (Å²) in [6.45, 7) is 5.38. The average molecular weight is 486 g/mol. The molecule has 0 bridgehead atoms. The third-order valence-electron chi connectivity index (χ3n) is 3.58. The molecule has 0 saturated carbocycles. The van der Waals surface area contributed by atoms with Gasteiger partial charge in [0.05, 0.1) is 26.4 Å². The first-order valence-corrected chi connectivity index (χ1v) is 8.62. The van der Waals surface area contributed by atoms with Crippen molar-refractivity contribution in [2.75, 3.05) is 32.1 Å². The fourth-order valence-electron chi connectivity index (χ4n) is 2.34. The fraction of sp³-hybridized carbons (Fsp3) is 0.368. The maximum Gasteiger partial charge on any atom is 0.195 e. The van der Waals surface area contributed by atoms with Gasteiger partial charge in [0, 0.05) is 30.7 Å². The third-order valence-corrected chi connectivity index (χ3v) is 3.58. The van der Waals surface area contributed by atoms with Crippen LogP contribution in [-0.2, 0) is 0 Å². The number of anilines is 1. The van der Waals surface area contributed by atoms with Crippen molar-refractivity contribution >= 4 is 35.6 Å². The Labute approximate surface area is 177 Å². The predicted molar refractivity (Wildman–Crippen MR) is 118 cm³/mol. The molecular weight excluding hydrogens is 459 g/mol. The molecule has 0 aliphatic heterocycles. The van der Waals surface area contributed by atoms with Gasteiger partial charge in [-0.2, -0.15) is 0 Å². The Bertz CT molecular complexity index is 713. The molecule has 8 heteroatoms. The number of hydrogen-bond acceptors (Lipinski definition) is 5. The third kappa shape index (κ3) is 7.22. The van der Waals surface area contributed by atoms with Crippen LogP contribution in [0.3, 0.4) is 0 Å². The van der Waals surface area contributed by atoms with Crippen LogP contribution in [-0.4, -0.2) is 42.9 Å². The first kappa shape index (κ1) is 23.0. The number of aromatic nitrogens is 1. The lowest BCUT2D eigenvalue weighted by Crippen LogP contribution is -2.31. The van der Waals surface area contributed by atoms with E-state index in [-0.39, 0.29) is 30.5 Å². The Morgan fingerprint density at radius 2 is 1.93 bits per heavy atom. The summed E-state index contributed by atoms with van der Waals surface area (Å²) < 4.78 is 10.9. The second-order valence-electron chi connectivity index (χ2n) is 5.44. The van der Waals surface area contributed by atoms with Crippen LogP contribution in [0, 0.1) is 0 Å². The van der Waals surface area contributed by atoms with Gasteiger partial charge >= 0.3 is 0 Å². The molecule has 148 valence electrons. The SMILES string of the molecule is CCNC(=NCC(O)c1ccncc1)Nc1ccc(OC)c(OCC)c1.I. The van der Waals surface area contributed by atoms with Crippen LogP contribution < -0.4 is 20.1 Å². The maximum atomic E-state index is 10.3. The molecule has 1 atom stereocenters. The normalized spacial score (nSPS) is 11.9. The quantitative estimate of drug-likeness (QED) is 0.302. The summed E-state index contributed by atoms with van der Waals surface area (Å²) in [7, 11) is 1.61. The van der Waals surface area contributed by atoms with Gasteiger partial charge < -0.3 is 25.2 Å². The van der Waals surface area contributed by atoms with Crippen molar-refractivity contribution in [1.82, 2.24) is 10.3 Å². The Kier molecular flexibility index (Phi) is 10.5. The van der Waals surface area contributed by atoms with E-state index in [1.165, 1.54) is 0 Å². The molecular formula is C19H27IN4O3. The molecule has 0 aliphatic carbocycles. The topological polar surface area (TPSA) is 88.0 Å². The van der Waals surface area contributed by atoms with Gasteiger partial charge in [0.1, 0.15) is 0 Å². The van der Waals surface area contributed by atoms with E-state index >= 15 is 0 Å². The van der Waals surface area contributed by atoms with E-state index in [2.05, 4.69) is 20.6 Å². The van der Waals surface area contributed by atoms with Gasteiger partial charge in [0.15, 0.2) is 17.5 Å². The van der Waals surface area contributed by atoms with Crippen molar-refractivity contribution in [1.29, 1.82) is 0 Å². The molecule has 3 N–H and O–H groups in total. The van der Waals surface area contributed by atoms with Crippen LogP contribution in [0.5, 0.6) is 11.5 Å². The first-order chi connectivity index (χ1) is 12.7. The van der Waals surface area contributed by atoms with E-state index in [4.69, 9.17) is 9.47 Å². The van der Waals surface area contributed by atoms with Crippen molar-refractivity contribution in [3.05, 3.63) is 48.3 Å². The maximum absolute atomic E-state index is 10.3. The molecule has 27 heavy (non-hydrogen) atoms. The number of aliphatic hydroxyl groups excluding tert-OH is 1. The fourth-order valence-corrected chi connectivity index (χ4v) is 2.34. The standard InChI is InChI=1S/C19H26N4O3.HI/c1-4-21-19(22-13-16(24)14-8-10-20-11-9-14)23-15-6-7-17(25-3)18(12-15)26-5-2;/h6-12,16,24H,4-5,13H2,1-3H3,(H2,21,22,23);1H. The summed E-state index contributed by atoms with van der Waals surface area (Å²) in [5.74, 6) is 1.91. The Hall–Kier alpha value is -2.07. The van der Waals surface area contributed by atoms with Gasteiger partial charge in [-0.15, -0.1) is 24.0 Å². The first-order valence-electron chi connectivity index (χ1n) is 8.62. The molecule has 0 radical (unpaired) electrons. The Balaban J connectivity index is 0.00000364. The van der Waals surface area contributed by atoms with Crippen LogP contribution >= 0.6 is 24.0 Å². The number of halogens is 1. The molecule has 1 aromatic carbocycles. The zero-order valence-electron chi connectivity index (χ0n) is 15.8. The van der Waals surface area contributed by atoms with Crippen LogP contribution in [0.25, 0.3) is 0 Å². The summed E-state index contributed by atoms with van der Waals surface area (Å²) >= 11 is 0. The summed E-state index contributed by atoms with van der Waals surface area (Å²) in [6.07, 6.45) is 2.61. The van der Waals surface area contributed by atoms with Gasteiger partial charge in [0.25, 0.3) is 0 Å². The van der Waals surface area contributed by atoms with Crippen LogP contribution in [0.1, 0.15) is 25.5 Å². The minimum atomic E-state index is -0.691. The summed E-state index contributed by atoms with van der Waals surface area (Å²) in [6, 6.07) is 9.13. The van der Waals surface area contributed by atoms with E-state index < -0.39 is 6.10 Å². The summed E-state index contributed by atoms with van der Waals surface area (Å²) in [5, 5.41) is 16.6. The van der Waals surface area contributed by atoms with E-state index in [9.17, 15) is 5.11 Å². The van der Waals surface area contributed by atoms with Crippen molar-refractivity contribution in [3.8, 4) is 11.5 Å². The molecule has 0 amide bonds. The van der Waals surface area contributed by atoms with E-state index in [1.54, 1.807) is 31.6 Å². The number of rotatable bonds is 8. The van der Waals surface area contributed by atoms with Crippen molar-refractivity contribution < 1.29 is 14.6 Å². The number of nitrogens with one attached hydrogen (secondary N) is 2. The number of hydrogen-bond donors (Lipinski definition) is 3. The van der Waals surface area contributed by atoms with Crippen LogP contribution in [0.15, 0.2) is 47.7 Å². The zero-order chi connectivity index (χ0) is 18.8. The number of methoxy groups -OCH3 is 1. The molecule has 7 nitrogen and oxygen atoms in total. The van der Waals surface area contributed by atoms with Crippen molar-refractivity contribution in [2.45, 2.75) is 20.0 Å². The highest BCUT2D eigenvalue weighted by Gasteiger charge is 2.09. The number of ether oxygens (including phenoxy) is 2. The molecule has 2 aromatic rings. The molecule has 1 aromatic heterocycles. The molecule has 1 heterocycles. The molecule has 1 unspecified atom stereocenters. The van der Waals surface area contributed by atoms with Crippen molar-refractivity contribution in [2.24, 2.45) is 4.99 Å². The highest BCUT2D eigenvalue weighted by atomic mass is 127. The largest absolute Gasteiger partial charge is 0.493 e. The van der Waals surface area contributed by atoms with Crippen LogP contribution in [0.4, 0.5) is 5.69 Å². The minimum absolute atomic E-state index is 0. The molecule has 0 aliphatic rings. The van der Waals surface area contributed by atoms with Gasteiger partial charge in [0.2, 0.25) is 0 Å². The Morgan fingerprint density at radius 3 is 2.56 bits per heavy atom. The van der Waals surface area contributed by atoms with Crippen molar-refractivity contribution in [3.63, 3.8) is 0 Å². The minimum Gasteiger partial charge on any atom is -0.493 e. The van der Waals surface area contributed by atoms with Gasteiger partial charge in [-0.1, -0.05) is 0 Å². The molecule has 0 saturated heterocycles. The molecule has 0 spiro atoms. The van der Waals surface area contributed by atoms with Gasteiger partial charge in [-0.05, 0) is 43.7 Å².